The van der Waals surface area contributed by atoms with Crippen LogP contribution in [0.1, 0.15) is 12.8 Å². The van der Waals surface area contributed by atoms with Crippen molar-refractivity contribution in [2.24, 2.45) is 0 Å². The molecular formula is C9H15BrMgO. The van der Waals surface area contributed by atoms with Gasteiger partial charge in [-0.05, 0) is 12.8 Å². The van der Waals surface area contributed by atoms with Crippen molar-refractivity contribution < 1.29 is 4.74 Å². The fraction of sp³-hybridized carbons (Fsp3) is 0.556. The Hall–Kier alpha value is 0.686. The molecule has 1 atom stereocenters. The lowest BCUT2D eigenvalue weighted by Crippen LogP contribution is -2.29. The molecule has 1 nitrogen and oxygen atoms in total. The van der Waals surface area contributed by atoms with E-state index in [4.69, 9.17) is 4.74 Å². The van der Waals surface area contributed by atoms with E-state index < -0.39 is 0 Å². The van der Waals surface area contributed by atoms with Gasteiger partial charge in [-0.15, -0.1) is 0 Å². The third-order valence-corrected chi connectivity index (χ3v) is 2.43. The average molecular weight is 243 g/mol. The number of alkyl halides is 1. The van der Waals surface area contributed by atoms with E-state index in [1.54, 1.807) is 7.11 Å². The lowest BCUT2D eigenvalue weighted by atomic mass is 9.92. The van der Waals surface area contributed by atoms with Gasteiger partial charge in [0.2, 0.25) is 0 Å². The Balaban J connectivity index is 0.00000121. The van der Waals surface area contributed by atoms with Crippen LogP contribution >= 0.6 is 15.9 Å². The average Bonchev–Trinajstić information content (AvgIpc) is 2.07. The monoisotopic (exact) mass is 242 g/mol. The summed E-state index contributed by atoms with van der Waals surface area (Å²) in [6.07, 6.45) is 10.4. The van der Waals surface area contributed by atoms with Crippen LogP contribution in [-0.4, -0.2) is 41.1 Å². The number of rotatable bonds is 3. The fourth-order valence-electron chi connectivity index (χ4n) is 1.24. The van der Waals surface area contributed by atoms with Gasteiger partial charge in [0.1, 0.15) is 0 Å². The lowest BCUT2D eigenvalue weighted by Gasteiger charge is -2.28. The molecule has 3 heteroatoms. The summed E-state index contributed by atoms with van der Waals surface area (Å²) in [5, 5.41) is 0.985. The van der Waals surface area contributed by atoms with Gasteiger partial charge in [-0.2, -0.15) is 0 Å². The second kappa shape index (κ2) is 6.19. The SMILES string of the molecule is COC1(CCBr)C=CC=CC1.[MgH2]. The first-order chi connectivity index (χ1) is 5.33. The Morgan fingerprint density at radius 1 is 1.50 bits per heavy atom. The van der Waals surface area contributed by atoms with Crippen molar-refractivity contribution in [2.75, 3.05) is 12.4 Å². The first-order valence-corrected chi connectivity index (χ1v) is 4.91. The van der Waals surface area contributed by atoms with Gasteiger partial charge in [-0.1, -0.05) is 40.2 Å². The molecule has 0 N–H and O–H groups in total. The van der Waals surface area contributed by atoms with Gasteiger partial charge in [0.15, 0.2) is 0 Å². The van der Waals surface area contributed by atoms with E-state index in [1.165, 1.54) is 0 Å². The first kappa shape index (κ1) is 12.7. The van der Waals surface area contributed by atoms with E-state index in [0.29, 0.717) is 0 Å². The van der Waals surface area contributed by atoms with Crippen molar-refractivity contribution in [1.82, 2.24) is 0 Å². The van der Waals surface area contributed by atoms with Gasteiger partial charge >= 0.3 is 23.1 Å². The quantitative estimate of drug-likeness (QED) is 0.542. The Labute approximate surface area is 98.5 Å². The molecule has 1 unspecified atom stereocenters. The van der Waals surface area contributed by atoms with Crippen LogP contribution in [0.3, 0.4) is 0 Å². The number of allylic oxidation sites excluding steroid dienone is 2. The lowest BCUT2D eigenvalue weighted by molar-refractivity contribution is 0.0319. The molecule has 1 aliphatic carbocycles. The van der Waals surface area contributed by atoms with Gasteiger partial charge in [-0.3, -0.25) is 0 Å². The van der Waals surface area contributed by atoms with E-state index in [1.807, 2.05) is 0 Å². The van der Waals surface area contributed by atoms with E-state index in [0.717, 1.165) is 18.2 Å². The summed E-state index contributed by atoms with van der Waals surface area (Å²) in [6.45, 7) is 0. The number of halogens is 1. The zero-order chi connectivity index (χ0) is 8.16. The van der Waals surface area contributed by atoms with Crippen molar-refractivity contribution in [1.29, 1.82) is 0 Å². The summed E-state index contributed by atoms with van der Waals surface area (Å²) >= 11 is 3.42. The minimum Gasteiger partial charge on any atom is -0.374 e. The van der Waals surface area contributed by atoms with Gasteiger partial charge < -0.3 is 4.74 Å². The van der Waals surface area contributed by atoms with Crippen molar-refractivity contribution >= 4 is 39.0 Å². The third-order valence-electron chi connectivity index (χ3n) is 2.03. The maximum atomic E-state index is 5.45. The van der Waals surface area contributed by atoms with Crippen LogP contribution in [0, 0.1) is 0 Å². The highest BCUT2D eigenvalue weighted by atomic mass is 79.9. The van der Waals surface area contributed by atoms with Crippen molar-refractivity contribution in [3.05, 3.63) is 24.3 Å². The molecule has 0 heterocycles. The Bertz CT molecular complexity index is 179. The molecular weight excluding hydrogens is 228 g/mol. The summed E-state index contributed by atoms with van der Waals surface area (Å²) in [5.41, 5.74) is -0.0434. The Morgan fingerprint density at radius 3 is 2.67 bits per heavy atom. The highest BCUT2D eigenvalue weighted by Gasteiger charge is 2.25. The highest BCUT2D eigenvalue weighted by Crippen LogP contribution is 2.25. The van der Waals surface area contributed by atoms with Crippen molar-refractivity contribution in [2.45, 2.75) is 18.4 Å². The molecule has 0 aromatic carbocycles. The van der Waals surface area contributed by atoms with Gasteiger partial charge in [0.25, 0.3) is 0 Å². The number of hydrogen-bond donors (Lipinski definition) is 0. The Morgan fingerprint density at radius 2 is 2.25 bits per heavy atom. The predicted molar refractivity (Wildman–Crippen MR) is 59.6 cm³/mol. The van der Waals surface area contributed by atoms with Crippen LogP contribution in [0.15, 0.2) is 24.3 Å². The molecule has 66 valence electrons. The number of hydrogen-bond acceptors (Lipinski definition) is 1. The van der Waals surface area contributed by atoms with Crippen LogP contribution in [0.25, 0.3) is 0 Å². The van der Waals surface area contributed by atoms with E-state index in [9.17, 15) is 0 Å². The van der Waals surface area contributed by atoms with Gasteiger partial charge in [-0.25, -0.2) is 0 Å². The standard InChI is InChI=1S/C9H13BrO.Mg.2H/c1-11-9(7-8-10)5-3-2-4-6-9;;;/h2-5H,6-8H2,1H3;;;. The topological polar surface area (TPSA) is 9.23 Å². The largest absolute Gasteiger partial charge is 0.374 e. The van der Waals surface area contributed by atoms with Crippen LogP contribution in [0.2, 0.25) is 0 Å². The van der Waals surface area contributed by atoms with Crippen molar-refractivity contribution in [3.8, 4) is 0 Å². The molecule has 0 radical (unpaired) electrons. The molecule has 0 aromatic heterocycles. The molecule has 0 saturated carbocycles. The second-order valence-corrected chi connectivity index (χ2v) is 3.49. The number of methoxy groups -OCH3 is 1. The van der Waals surface area contributed by atoms with Crippen LogP contribution in [-0.2, 0) is 4.74 Å². The summed E-state index contributed by atoms with van der Waals surface area (Å²) in [6, 6.07) is 0. The molecule has 0 spiro atoms. The zero-order valence-corrected chi connectivity index (χ0v) is 8.30. The zero-order valence-electron chi connectivity index (χ0n) is 6.72. The van der Waals surface area contributed by atoms with Crippen LogP contribution < -0.4 is 0 Å². The maximum Gasteiger partial charge on any atom is 0.316 e. The predicted octanol–water partition coefficient (Wildman–Crippen LogP) is 1.76. The molecule has 0 amide bonds. The molecule has 0 saturated heterocycles. The molecule has 0 fully saturated rings. The second-order valence-electron chi connectivity index (χ2n) is 2.70. The van der Waals surface area contributed by atoms with E-state index in [2.05, 4.69) is 40.2 Å². The first-order valence-electron chi connectivity index (χ1n) is 3.78. The van der Waals surface area contributed by atoms with E-state index in [-0.39, 0.29) is 28.7 Å². The maximum absolute atomic E-state index is 5.45. The Kier molecular flexibility index (Phi) is 6.54. The van der Waals surface area contributed by atoms with Crippen LogP contribution in [0.4, 0.5) is 0 Å². The van der Waals surface area contributed by atoms with Gasteiger partial charge in [0, 0.05) is 12.4 Å². The van der Waals surface area contributed by atoms with Gasteiger partial charge in [0.05, 0.1) is 5.60 Å². The smallest absolute Gasteiger partial charge is 0.316 e. The number of ether oxygens (including phenoxy) is 1. The summed E-state index contributed by atoms with van der Waals surface area (Å²) < 4.78 is 5.45. The third kappa shape index (κ3) is 3.21. The molecule has 0 aromatic rings. The normalized spacial score (nSPS) is 26.8. The summed E-state index contributed by atoms with van der Waals surface area (Å²) in [5.74, 6) is 0. The van der Waals surface area contributed by atoms with Crippen LogP contribution in [0.5, 0.6) is 0 Å². The summed E-state index contributed by atoms with van der Waals surface area (Å²) in [4.78, 5) is 0. The fourth-order valence-corrected chi connectivity index (χ4v) is 1.91. The molecule has 0 aliphatic heterocycles. The minimum atomic E-state index is -0.0434. The molecule has 12 heavy (non-hydrogen) atoms. The van der Waals surface area contributed by atoms with Crippen molar-refractivity contribution in [3.63, 3.8) is 0 Å². The minimum absolute atomic E-state index is 0. The highest BCUT2D eigenvalue weighted by molar-refractivity contribution is 9.09. The molecule has 1 aliphatic rings. The molecule has 1 rings (SSSR count). The molecule has 0 bridgehead atoms. The van der Waals surface area contributed by atoms with E-state index >= 15 is 0 Å². The summed E-state index contributed by atoms with van der Waals surface area (Å²) in [7, 11) is 1.77.